The Balaban J connectivity index is 2.45. The number of thiol groups is 1. The molecule has 2 N–H and O–H groups in total. The van der Waals surface area contributed by atoms with Crippen LogP contribution in [0.1, 0.15) is 16.1 Å². The second kappa shape index (κ2) is 4.45. The summed E-state index contributed by atoms with van der Waals surface area (Å²) in [4.78, 5) is 13.6. The maximum Gasteiger partial charge on any atom is 0.352 e. The van der Waals surface area contributed by atoms with Crippen molar-refractivity contribution in [2.75, 3.05) is 5.75 Å². The molecule has 2 rings (SSSR count). The van der Waals surface area contributed by atoms with Crippen LogP contribution in [-0.2, 0) is 0 Å². The molecule has 0 atom stereocenters. The quantitative estimate of drug-likeness (QED) is 0.714. The van der Waals surface area contributed by atoms with Gasteiger partial charge in [-0.1, -0.05) is 24.3 Å². The Morgan fingerprint density at radius 3 is 2.94 bits per heavy atom. The molecule has 0 unspecified atom stereocenters. The first kappa shape index (κ1) is 10.8. The number of rotatable bonds is 3. The molecule has 0 radical (unpaired) electrons. The summed E-state index contributed by atoms with van der Waals surface area (Å²) < 4.78 is 0. The summed E-state index contributed by atoms with van der Waals surface area (Å²) in [5, 5.41) is 9.74. The van der Waals surface area contributed by atoms with Crippen molar-refractivity contribution >= 4 is 35.6 Å². The summed E-state index contributed by atoms with van der Waals surface area (Å²) in [5.74, 6) is -0.257. The summed E-state index contributed by atoms with van der Waals surface area (Å²) in [5.41, 5.74) is 2.07. The van der Waals surface area contributed by atoms with Gasteiger partial charge in [0.25, 0.3) is 0 Å². The van der Waals surface area contributed by atoms with Crippen LogP contribution in [0.15, 0.2) is 30.3 Å². The third kappa shape index (κ3) is 2.12. The van der Waals surface area contributed by atoms with Gasteiger partial charge in [-0.2, -0.15) is 12.6 Å². The molecule has 0 aliphatic rings. The van der Waals surface area contributed by atoms with Crippen molar-refractivity contribution in [3.8, 4) is 0 Å². The van der Waals surface area contributed by atoms with E-state index in [4.69, 9.17) is 5.11 Å². The molecule has 3 nitrogen and oxygen atoms in total. The Kier molecular flexibility index (Phi) is 3.01. The van der Waals surface area contributed by atoms with Crippen LogP contribution in [0, 0.1) is 0 Å². The molecule has 0 aliphatic heterocycles. The zero-order chi connectivity index (χ0) is 11.5. The summed E-state index contributed by atoms with van der Waals surface area (Å²) in [6, 6.07) is 7.39. The van der Waals surface area contributed by atoms with Crippen LogP contribution in [0.3, 0.4) is 0 Å². The van der Waals surface area contributed by atoms with Gasteiger partial charge in [0.2, 0.25) is 0 Å². The number of aromatic nitrogens is 1. The molecule has 16 heavy (non-hydrogen) atoms. The summed E-state index contributed by atoms with van der Waals surface area (Å²) >= 11 is 4.08. The average molecular weight is 233 g/mol. The van der Waals surface area contributed by atoms with Crippen molar-refractivity contribution in [1.82, 2.24) is 4.98 Å². The van der Waals surface area contributed by atoms with Gasteiger partial charge in [0.15, 0.2) is 0 Å². The van der Waals surface area contributed by atoms with Crippen molar-refractivity contribution in [1.29, 1.82) is 0 Å². The SMILES string of the molecule is O=C(O)c1cc2ccc(C=CCS)cc2[nH]1. The fourth-order valence-electron chi connectivity index (χ4n) is 1.55. The minimum Gasteiger partial charge on any atom is -0.477 e. The fourth-order valence-corrected chi connectivity index (χ4v) is 1.66. The van der Waals surface area contributed by atoms with E-state index in [0.717, 1.165) is 16.5 Å². The number of carboxylic acid groups (broad SMARTS) is 1. The molecule has 82 valence electrons. The van der Waals surface area contributed by atoms with Crippen LogP contribution >= 0.6 is 12.6 Å². The van der Waals surface area contributed by atoms with Crippen LogP contribution < -0.4 is 0 Å². The lowest BCUT2D eigenvalue weighted by Gasteiger charge is -1.93. The first-order valence-corrected chi connectivity index (χ1v) is 5.47. The van der Waals surface area contributed by atoms with Gasteiger partial charge in [0, 0.05) is 16.7 Å². The van der Waals surface area contributed by atoms with Crippen LogP contribution in [0.4, 0.5) is 0 Å². The Morgan fingerprint density at radius 1 is 1.44 bits per heavy atom. The van der Waals surface area contributed by atoms with Gasteiger partial charge in [-0.05, 0) is 17.7 Å². The van der Waals surface area contributed by atoms with Gasteiger partial charge >= 0.3 is 5.97 Å². The van der Waals surface area contributed by atoms with Crippen LogP contribution in [0.2, 0.25) is 0 Å². The molecule has 1 aromatic carbocycles. The van der Waals surface area contributed by atoms with E-state index in [1.807, 2.05) is 30.4 Å². The van der Waals surface area contributed by atoms with Gasteiger partial charge in [-0.25, -0.2) is 4.79 Å². The van der Waals surface area contributed by atoms with Crippen LogP contribution in [0.25, 0.3) is 17.0 Å². The van der Waals surface area contributed by atoms with Gasteiger partial charge in [0.05, 0.1) is 0 Å². The second-order valence-electron chi connectivity index (χ2n) is 3.42. The molecule has 2 aromatic rings. The number of carboxylic acids is 1. The Labute approximate surface area is 98.2 Å². The van der Waals surface area contributed by atoms with Crippen molar-refractivity contribution < 1.29 is 9.90 Å². The van der Waals surface area contributed by atoms with Gasteiger partial charge in [-0.15, -0.1) is 0 Å². The molecular formula is C12H11NO2S. The van der Waals surface area contributed by atoms with E-state index >= 15 is 0 Å². The maximum atomic E-state index is 10.8. The fraction of sp³-hybridized carbons (Fsp3) is 0.0833. The number of carbonyl (C=O) groups is 1. The molecule has 0 bridgehead atoms. The normalized spacial score (nSPS) is 11.3. The highest BCUT2D eigenvalue weighted by Gasteiger charge is 2.06. The second-order valence-corrected chi connectivity index (χ2v) is 3.78. The number of H-pyrrole nitrogens is 1. The molecule has 0 amide bonds. The van der Waals surface area contributed by atoms with Crippen molar-refractivity contribution in [2.45, 2.75) is 0 Å². The predicted molar refractivity (Wildman–Crippen MR) is 68.1 cm³/mol. The van der Waals surface area contributed by atoms with E-state index in [9.17, 15) is 4.79 Å². The van der Waals surface area contributed by atoms with E-state index in [1.165, 1.54) is 0 Å². The molecular weight excluding hydrogens is 222 g/mol. The van der Waals surface area contributed by atoms with Crippen molar-refractivity contribution in [3.05, 3.63) is 41.6 Å². The molecule has 0 aliphatic carbocycles. The molecule has 0 spiro atoms. The van der Waals surface area contributed by atoms with E-state index in [2.05, 4.69) is 17.6 Å². The molecule has 1 aromatic heterocycles. The first-order chi connectivity index (χ1) is 7.70. The monoisotopic (exact) mass is 233 g/mol. The minimum atomic E-state index is -0.941. The molecule has 4 heteroatoms. The Morgan fingerprint density at radius 2 is 2.25 bits per heavy atom. The lowest BCUT2D eigenvalue weighted by molar-refractivity contribution is 0.0691. The highest BCUT2D eigenvalue weighted by atomic mass is 32.1. The maximum absolute atomic E-state index is 10.8. The summed E-state index contributed by atoms with van der Waals surface area (Å²) in [7, 11) is 0. The zero-order valence-electron chi connectivity index (χ0n) is 8.47. The Hall–Kier alpha value is -1.68. The van der Waals surface area contributed by atoms with Gasteiger partial charge in [-0.3, -0.25) is 0 Å². The minimum absolute atomic E-state index is 0.213. The largest absolute Gasteiger partial charge is 0.477 e. The molecule has 1 heterocycles. The smallest absolute Gasteiger partial charge is 0.352 e. The van der Waals surface area contributed by atoms with Crippen LogP contribution in [-0.4, -0.2) is 21.8 Å². The first-order valence-electron chi connectivity index (χ1n) is 4.84. The van der Waals surface area contributed by atoms with E-state index in [0.29, 0.717) is 5.75 Å². The summed E-state index contributed by atoms with van der Waals surface area (Å²) in [6.45, 7) is 0. The number of hydrogen-bond acceptors (Lipinski definition) is 2. The number of aromatic amines is 1. The lowest BCUT2D eigenvalue weighted by atomic mass is 10.1. The topological polar surface area (TPSA) is 53.1 Å². The van der Waals surface area contributed by atoms with Gasteiger partial charge in [0.1, 0.15) is 5.69 Å². The van der Waals surface area contributed by atoms with Crippen LogP contribution in [0.5, 0.6) is 0 Å². The molecule has 0 saturated carbocycles. The zero-order valence-corrected chi connectivity index (χ0v) is 9.37. The average Bonchev–Trinajstić information content (AvgIpc) is 2.69. The number of benzene rings is 1. The predicted octanol–water partition coefficient (Wildman–Crippen LogP) is 2.81. The highest BCUT2D eigenvalue weighted by Crippen LogP contribution is 2.18. The molecule has 0 fully saturated rings. The number of aromatic carboxylic acids is 1. The Bertz CT molecular complexity index is 557. The standard InChI is InChI=1S/C12H11NO2S/c14-12(15)11-7-9-4-3-8(2-1-5-16)6-10(9)13-11/h1-4,6-7,13,16H,5H2,(H,14,15). The number of nitrogens with one attached hydrogen (secondary N) is 1. The number of hydrogen-bond donors (Lipinski definition) is 3. The van der Waals surface area contributed by atoms with E-state index in [-0.39, 0.29) is 5.69 Å². The van der Waals surface area contributed by atoms with Crippen molar-refractivity contribution in [2.24, 2.45) is 0 Å². The van der Waals surface area contributed by atoms with E-state index in [1.54, 1.807) is 6.07 Å². The van der Waals surface area contributed by atoms with E-state index < -0.39 is 5.97 Å². The third-order valence-corrected chi connectivity index (χ3v) is 2.50. The number of fused-ring (bicyclic) bond motifs is 1. The van der Waals surface area contributed by atoms with Crippen molar-refractivity contribution in [3.63, 3.8) is 0 Å². The third-order valence-electron chi connectivity index (χ3n) is 2.29. The van der Waals surface area contributed by atoms with Gasteiger partial charge < -0.3 is 10.1 Å². The summed E-state index contributed by atoms with van der Waals surface area (Å²) in [6.07, 6.45) is 3.89. The highest BCUT2D eigenvalue weighted by molar-refractivity contribution is 7.80. The lowest BCUT2D eigenvalue weighted by Crippen LogP contribution is -1.94. The molecule has 0 saturated heterocycles.